The number of Topliss-reactive ketones (excluding diaryl/α,β-unsaturated/α-hetero) is 1. The highest BCUT2D eigenvalue weighted by Gasteiger charge is 2.65. The second-order valence-corrected chi connectivity index (χ2v) is 24.1. The number of halogens is 2. The number of likely N-dealkylation sites (N-methyl/N-ethyl adjacent to an activating group) is 1. The molecule has 8 N–H and O–H groups in total. The van der Waals surface area contributed by atoms with Gasteiger partial charge >= 0.3 is 19.6 Å². The number of hydrogen-bond donors (Lipinski definition) is 7. The van der Waals surface area contributed by atoms with Crippen LogP contribution in [0.1, 0.15) is 107 Å². The van der Waals surface area contributed by atoms with Crippen LogP contribution < -0.4 is 25.0 Å². The molecule has 434 valence electrons. The van der Waals surface area contributed by atoms with E-state index in [1.165, 1.54) is 44.7 Å². The number of piperidine rings is 1. The molecule has 11 rings (SSSR count). The van der Waals surface area contributed by atoms with Crippen LogP contribution in [0.15, 0.2) is 42.5 Å². The van der Waals surface area contributed by atoms with Gasteiger partial charge in [0.25, 0.3) is 0 Å². The van der Waals surface area contributed by atoms with Crippen LogP contribution in [0.25, 0.3) is 0 Å². The Labute approximate surface area is 471 Å². The molecule has 4 aliphatic carbocycles. The highest BCUT2D eigenvalue weighted by atomic mass is 35.5. The summed E-state index contributed by atoms with van der Waals surface area (Å²) in [6, 6.07) is 7.91. The fourth-order valence-electron chi connectivity index (χ4n) is 12.8. The largest absolute Gasteiger partial charge is 0.507 e. The third-order valence-electron chi connectivity index (χ3n) is 16.4. The maximum atomic E-state index is 13.6. The second kappa shape index (κ2) is 23.7. The summed E-state index contributed by atoms with van der Waals surface area (Å²) in [6.07, 6.45) is 1.07. The van der Waals surface area contributed by atoms with Gasteiger partial charge in [0, 0.05) is 110 Å². The summed E-state index contributed by atoms with van der Waals surface area (Å²) in [5, 5.41) is 56.6. The number of nitrogens with two attached hydrogens (primary N) is 1. The summed E-state index contributed by atoms with van der Waals surface area (Å²) in [7, 11) is 0.654. The number of ether oxygens (including phenoxy) is 6. The molecule has 3 saturated heterocycles. The molecule has 0 radical (unpaired) electrons. The minimum absolute atomic E-state index is 0.0173. The Balaban J connectivity index is 0.000000162. The minimum Gasteiger partial charge on any atom is -0.507 e. The van der Waals surface area contributed by atoms with E-state index >= 15 is 0 Å². The summed E-state index contributed by atoms with van der Waals surface area (Å²) >= 11 is 11.2. The lowest BCUT2D eigenvalue weighted by Gasteiger charge is -2.56. The van der Waals surface area contributed by atoms with E-state index in [9.17, 15) is 54.1 Å². The fraction of sp³-hybridized carbons (Fsp3) is 0.545. The number of nitrogens with one attached hydrogen (secondary N) is 1. The first-order valence-corrected chi connectivity index (χ1v) is 29.1. The molecule has 3 fully saturated rings. The number of fused-ring (bicyclic) bond motifs is 3. The number of rotatable bonds is 12. The lowest BCUT2D eigenvalue weighted by atomic mass is 9.53. The number of likely N-dealkylation sites (tertiary alicyclic amines) is 1. The van der Waals surface area contributed by atoms with Gasteiger partial charge in [0.1, 0.15) is 35.6 Å². The van der Waals surface area contributed by atoms with Crippen molar-refractivity contribution in [3.8, 4) is 28.7 Å². The van der Waals surface area contributed by atoms with Gasteiger partial charge in [0.05, 0.1) is 48.7 Å². The molecule has 22 nitrogen and oxygen atoms in total. The Hall–Kier alpha value is -5.04. The number of nitrogens with zero attached hydrogens (tertiary/aromatic N) is 2. The number of alkyl halides is 2. The van der Waals surface area contributed by atoms with Gasteiger partial charge in [0.2, 0.25) is 5.78 Å². The maximum Gasteiger partial charge on any atom is 0.343 e. The molecule has 1 spiro atoms. The normalized spacial score (nSPS) is 31.4. The highest BCUT2D eigenvalue weighted by molar-refractivity contribution is 7.54. The van der Waals surface area contributed by atoms with Crippen LogP contribution in [-0.4, -0.2) is 178 Å². The number of ketones is 3. The summed E-state index contributed by atoms with van der Waals surface area (Å²) in [5.74, 6) is -2.22. The number of benzene rings is 3. The lowest BCUT2D eigenvalue weighted by Crippen LogP contribution is -2.65. The molecule has 3 aromatic rings. The lowest BCUT2D eigenvalue weighted by molar-refractivity contribution is -0.247. The van der Waals surface area contributed by atoms with E-state index < -0.39 is 109 Å². The van der Waals surface area contributed by atoms with Crippen LogP contribution in [-0.2, 0) is 55.9 Å². The van der Waals surface area contributed by atoms with Gasteiger partial charge in [-0.1, -0.05) is 24.3 Å². The summed E-state index contributed by atoms with van der Waals surface area (Å²) < 4.78 is 53.7. The fourth-order valence-corrected chi connectivity index (χ4v) is 15.4. The zero-order chi connectivity index (χ0) is 57.7. The summed E-state index contributed by atoms with van der Waals surface area (Å²) in [5.41, 5.74) is 4.53. The van der Waals surface area contributed by atoms with Crippen molar-refractivity contribution >= 4 is 60.2 Å². The predicted molar refractivity (Wildman–Crippen MR) is 288 cm³/mol. The van der Waals surface area contributed by atoms with Crippen LogP contribution in [0.5, 0.6) is 28.7 Å². The van der Waals surface area contributed by atoms with Gasteiger partial charge in [-0.15, -0.1) is 23.2 Å². The molecule has 1 unspecified atom stereocenters. The monoisotopic (exact) mass is 1170 g/mol. The Morgan fingerprint density at radius 2 is 1.73 bits per heavy atom. The molecule has 80 heavy (non-hydrogen) atoms. The molecule has 2 bridgehead atoms. The SMILES string of the molecule is CC(=O)Oc1ccc2c3c1O[C@H]1[C@@H](OC(C)=O)C=C[C@H]4[C@@H](C2)N(C)CC[C@@]341.COc1cccc2c1C(=O)c1c(O)c3c(c(O)c1C2=O)C[C@@](O)(C(=O)CO)C[C@@H]3O[C@H]1C[C@H](N)[C@H](O)[C@H](C)O1.O=P1(N(CCCl)CCCl)NCCCO1. The van der Waals surface area contributed by atoms with Gasteiger partial charge in [0.15, 0.2) is 35.5 Å². The number of carbonyl (C=O) groups excluding carboxylic acids is 5. The number of phenolic OH excluding ortho intramolecular Hbond substituents is 2. The number of hydrogen-bond acceptors (Lipinski definition) is 20. The summed E-state index contributed by atoms with van der Waals surface area (Å²) in [6.45, 7) is 6.64. The van der Waals surface area contributed by atoms with E-state index in [1.807, 2.05) is 12.1 Å². The van der Waals surface area contributed by atoms with Crippen molar-refractivity contribution in [3.63, 3.8) is 0 Å². The van der Waals surface area contributed by atoms with Gasteiger partial charge in [-0.2, -0.15) is 0 Å². The summed E-state index contributed by atoms with van der Waals surface area (Å²) in [4.78, 5) is 65.4. The third-order valence-corrected chi connectivity index (χ3v) is 19.1. The van der Waals surface area contributed by atoms with Gasteiger partial charge in [-0.05, 0) is 63.6 Å². The van der Waals surface area contributed by atoms with Gasteiger partial charge in [-0.3, -0.25) is 28.5 Å². The highest BCUT2D eigenvalue weighted by Crippen LogP contribution is 2.63. The van der Waals surface area contributed by atoms with Crippen molar-refractivity contribution in [2.75, 3.05) is 65.3 Å². The van der Waals surface area contributed by atoms with Crippen molar-refractivity contribution in [2.24, 2.45) is 11.7 Å². The molecule has 8 aliphatic rings. The number of aliphatic hydroxyl groups excluding tert-OH is 2. The number of aliphatic hydroxyl groups is 3. The first kappa shape index (κ1) is 59.6. The Bertz CT molecular complexity index is 3010. The second-order valence-electron chi connectivity index (χ2n) is 21.2. The Morgan fingerprint density at radius 1 is 1.00 bits per heavy atom. The molecule has 4 heterocycles. The number of esters is 2. The molecular weight excluding hydrogens is 1110 g/mol. The van der Waals surface area contributed by atoms with Gasteiger partial charge in [-0.25, -0.2) is 9.76 Å². The van der Waals surface area contributed by atoms with E-state index in [1.54, 1.807) is 11.6 Å². The van der Waals surface area contributed by atoms with E-state index in [0.717, 1.165) is 37.9 Å². The smallest absolute Gasteiger partial charge is 0.343 e. The van der Waals surface area contributed by atoms with Crippen molar-refractivity contribution in [1.82, 2.24) is 14.7 Å². The van der Waals surface area contributed by atoms with Crippen LogP contribution in [0, 0.1) is 5.92 Å². The number of aromatic hydroxyl groups is 2. The number of phenols is 2. The zero-order valence-corrected chi connectivity index (χ0v) is 47.3. The molecule has 25 heteroatoms. The third kappa shape index (κ3) is 10.6. The van der Waals surface area contributed by atoms with E-state index in [-0.39, 0.29) is 63.8 Å². The molecule has 0 amide bonds. The Kier molecular flexibility index (Phi) is 17.6. The van der Waals surface area contributed by atoms with Crippen LogP contribution in [0.3, 0.4) is 0 Å². The van der Waals surface area contributed by atoms with Crippen molar-refractivity contribution in [1.29, 1.82) is 0 Å². The van der Waals surface area contributed by atoms with Gasteiger partial charge < -0.3 is 69.1 Å². The molecule has 0 saturated carbocycles. The quantitative estimate of drug-likeness (QED) is 0.0264. The van der Waals surface area contributed by atoms with Crippen LogP contribution >= 0.6 is 30.9 Å². The topological polar surface area (TPSA) is 313 Å². The standard InChI is InChI=1S/C27H29NO11.C21H23NO5.C7H15Cl2N2O2P/c1-10-22(31)13(28)6-17(38-10)39-15-8-27(36,16(30)9-29)7-12-19(15)26(35)21-20(24(12)33)23(32)11-4-3-5-14(37-2)18(11)25(21)34;1-11(23)25-16-6-4-13-10-15-14-5-7-17(26-12(2)24)20-21(14,8-9-22(15)3)18(13)19(16)27-20;8-2-5-11(6-3-9)14(12)10-4-1-7-13-14/h3-5,10,13,15,17,22,29,31,33,35-36H,6-9,28H2,1-2H3;4-7,14-15,17,20H,8-10H2,1-3H3;1-7H2,(H,10,12)/t10-,13-,15-,17-,22+,27-;14-,15+,17-,20-,21-;/m00./s1. The van der Waals surface area contributed by atoms with Crippen molar-refractivity contribution in [3.05, 3.63) is 87.0 Å². The van der Waals surface area contributed by atoms with Crippen molar-refractivity contribution < 1.29 is 87.0 Å². The first-order chi connectivity index (χ1) is 38.1. The number of carbonyl (C=O) groups is 5. The molecule has 3 aromatic carbocycles. The average Bonchev–Trinajstić information content (AvgIpc) is 3.79. The van der Waals surface area contributed by atoms with Crippen LogP contribution in [0.2, 0.25) is 0 Å². The molecule has 0 aromatic heterocycles. The van der Waals surface area contributed by atoms with Crippen molar-refractivity contribution in [2.45, 2.75) is 119 Å². The minimum atomic E-state index is -2.84. The van der Waals surface area contributed by atoms with Crippen LogP contribution in [0.4, 0.5) is 0 Å². The predicted octanol–water partition coefficient (Wildman–Crippen LogP) is 3.87. The van der Waals surface area contributed by atoms with E-state index in [0.29, 0.717) is 49.0 Å². The molecule has 12 atom stereocenters. The molecule has 4 aliphatic heterocycles. The average molecular weight is 1170 g/mol. The van der Waals surface area contributed by atoms with E-state index in [4.69, 9.17) is 61.9 Å². The Morgan fingerprint density at radius 3 is 2.36 bits per heavy atom. The zero-order valence-electron chi connectivity index (χ0n) is 44.9. The number of methoxy groups -OCH3 is 1. The van der Waals surface area contributed by atoms with E-state index in [2.05, 4.69) is 29.2 Å². The maximum absolute atomic E-state index is 13.6. The molecular formula is C55H67Cl2N4O18P. The first-order valence-electron chi connectivity index (χ1n) is 26.5.